The van der Waals surface area contributed by atoms with E-state index < -0.39 is 0 Å². The van der Waals surface area contributed by atoms with Gasteiger partial charge in [0.2, 0.25) is 0 Å². The van der Waals surface area contributed by atoms with E-state index in [1.807, 2.05) is 23.8 Å². The number of rotatable bonds is 1. The SMILES string of the molecule is C[n+]1nnn2c3c(cnc21)CCC3=Cc1ccccc1. The Balaban J connectivity index is 1.93. The molecular formula is C15H14N5+. The van der Waals surface area contributed by atoms with Crippen molar-refractivity contribution in [3.63, 3.8) is 0 Å². The van der Waals surface area contributed by atoms with Gasteiger partial charge in [0, 0.05) is 5.56 Å². The van der Waals surface area contributed by atoms with Gasteiger partial charge in [0.1, 0.15) is 10.9 Å². The van der Waals surface area contributed by atoms with Crippen molar-refractivity contribution in [1.29, 1.82) is 0 Å². The van der Waals surface area contributed by atoms with Crippen molar-refractivity contribution < 1.29 is 4.68 Å². The lowest BCUT2D eigenvalue weighted by molar-refractivity contribution is -0.709. The summed E-state index contributed by atoms with van der Waals surface area (Å²) >= 11 is 0. The van der Waals surface area contributed by atoms with Gasteiger partial charge >= 0.3 is 5.78 Å². The number of tetrazole rings is 1. The Hall–Kier alpha value is -2.56. The Morgan fingerprint density at radius 2 is 2.05 bits per heavy atom. The minimum Gasteiger partial charge on any atom is -0.132 e. The van der Waals surface area contributed by atoms with Crippen LogP contribution < -0.4 is 4.68 Å². The molecule has 0 atom stereocenters. The van der Waals surface area contributed by atoms with Gasteiger partial charge in [-0.3, -0.25) is 0 Å². The molecule has 3 aromatic rings. The van der Waals surface area contributed by atoms with Gasteiger partial charge in [-0.05, 0) is 30.1 Å². The normalized spacial score (nSPS) is 15.9. The van der Waals surface area contributed by atoms with Crippen LogP contribution in [0, 0.1) is 0 Å². The third-order valence-corrected chi connectivity index (χ3v) is 3.70. The molecule has 0 bridgehead atoms. The minimum absolute atomic E-state index is 0.768. The highest BCUT2D eigenvalue weighted by atomic mass is 15.6. The van der Waals surface area contributed by atoms with Gasteiger partial charge in [0.25, 0.3) is 0 Å². The molecule has 0 fully saturated rings. The van der Waals surface area contributed by atoms with E-state index in [1.165, 1.54) is 16.7 Å². The van der Waals surface area contributed by atoms with Crippen LogP contribution in [0.4, 0.5) is 0 Å². The number of aryl methyl sites for hydroxylation is 2. The second-order valence-corrected chi connectivity index (χ2v) is 5.03. The van der Waals surface area contributed by atoms with Crippen LogP contribution in [-0.4, -0.2) is 19.9 Å². The fraction of sp³-hybridized carbons (Fsp3) is 0.200. The fourth-order valence-electron chi connectivity index (χ4n) is 2.74. The van der Waals surface area contributed by atoms with E-state index in [0.717, 1.165) is 24.3 Å². The zero-order chi connectivity index (χ0) is 13.5. The van der Waals surface area contributed by atoms with Crippen LogP contribution in [-0.2, 0) is 13.5 Å². The van der Waals surface area contributed by atoms with E-state index in [0.29, 0.717) is 0 Å². The van der Waals surface area contributed by atoms with Crippen molar-refractivity contribution >= 4 is 17.4 Å². The number of nitrogens with zero attached hydrogens (tertiary/aromatic N) is 5. The summed E-state index contributed by atoms with van der Waals surface area (Å²) in [7, 11) is 1.86. The van der Waals surface area contributed by atoms with Crippen LogP contribution in [0.5, 0.6) is 0 Å². The molecule has 0 saturated heterocycles. The van der Waals surface area contributed by atoms with Crippen molar-refractivity contribution in [3.8, 4) is 0 Å². The van der Waals surface area contributed by atoms with E-state index >= 15 is 0 Å². The minimum atomic E-state index is 0.768. The predicted molar refractivity (Wildman–Crippen MR) is 74.6 cm³/mol. The topological polar surface area (TPSA) is 47.0 Å². The first-order valence-corrected chi connectivity index (χ1v) is 6.68. The molecule has 0 spiro atoms. The van der Waals surface area contributed by atoms with E-state index in [4.69, 9.17) is 0 Å². The molecule has 0 saturated carbocycles. The van der Waals surface area contributed by atoms with Gasteiger partial charge in [0.05, 0.1) is 18.5 Å². The third-order valence-electron chi connectivity index (χ3n) is 3.70. The van der Waals surface area contributed by atoms with Crippen LogP contribution in [0.2, 0.25) is 0 Å². The quantitative estimate of drug-likeness (QED) is 0.625. The monoisotopic (exact) mass is 264 g/mol. The summed E-state index contributed by atoms with van der Waals surface area (Å²) in [5.74, 6) is 0.768. The number of fused-ring (bicyclic) bond motifs is 3. The molecule has 0 aliphatic heterocycles. The molecule has 0 amide bonds. The van der Waals surface area contributed by atoms with E-state index in [1.54, 1.807) is 4.68 Å². The first-order valence-electron chi connectivity index (χ1n) is 6.68. The van der Waals surface area contributed by atoms with Crippen LogP contribution in [0.15, 0.2) is 36.5 Å². The largest absolute Gasteiger partial charge is 0.407 e. The smallest absolute Gasteiger partial charge is 0.132 e. The molecule has 5 nitrogen and oxygen atoms in total. The molecule has 1 aliphatic carbocycles. The maximum atomic E-state index is 4.43. The van der Waals surface area contributed by atoms with Gasteiger partial charge in [-0.1, -0.05) is 34.8 Å². The van der Waals surface area contributed by atoms with Crippen LogP contribution in [0.1, 0.15) is 23.2 Å². The highest BCUT2D eigenvalue weighted by Crippen LogP contribution is 2.32. The molecule has 4 rings (SSSR count). The van der Waals surface area contributed by atoms with Crippen LogP contribution in [0.25, 0.3) is 17.4 Å². The summed E-state index contributed by atoms with van der Waals surface area (Å²) < 4.78 is 3.54. The van der Waals surface area contributed by atoms with Gasteiger partial charge in [0.15, 0.2) is 0 Å². The molecule has 2 heterocycles. The van der Waals surface area contributed by atoms with Gasteiger partial charge in [-0.25, -0.2) is 0 Å². The molecule has 2 aromatic heterocycles. The van der Waals surface area contributed by atoms with Gasteiger partial charge < -0.3 is 0 Å². The van der Waals surface area contributed by atoms with Crippen LogP contribution >= 0.6 is 0 Å². The zero-order valence-electron chi connectivity index (χ0n) is 11.2. The molecule has 5 heteroatoms. The average molecular weight is 264 g/mol. The number of aromatic nitrogens is 5. The molecule has 98 valence electrons. The summed E-state index contributed by atoms with van der Waals surface area (Å²) in [6, 6.07) is 10.4. The summed E-state index contributed by atoms with van der Waals surface area (Å²) in [6.45, 7) is 0. The summed E-state index contributed by atoms with van der Waals surface area (Å²) in [5.41, 5.74) is 4.89. The Morgan fingerprint density at radius 3 is 2.90 bits per heavy atom. The lowest BCUT2D eigenvalue weighted by atomic mass is 10.1. The summed E-state index contributed by atoms with van der Waals surface area (Å²) in [5, 5.41) is 8.26. The zero-order valence-corrected chi connectivity index (χ0v) is 11.2. The lowest BCUT2D eigenvalue weighted by Gasteiger charge is -1.99. The molecule has 0 N–H and O–H groups in total. The average Bonchev–Trinajstić information content (AvgIpc) is 3.05. The van der Waals surface area contributed by atoms with Crippen molar-refractivity contribution in [2.75, 3.05) is 0 Å². The van der Waals surface area contributed by atoms with Crippen molar-refractivity contribution in [2.45, 2.75) is 12.8 Å². The molecule has 20 heavy (non-hydrogen) atoms. The Morgan fingerprint density at radius 1 is 1.20 bits per heavy atom. The maximum Gasteiger partial charge on any atom is 0.407 e. The number of hydrogen-bond donors (Lipinski definition) is 0. The van der Waals surface area contributed by atoms with Crippen molar-refractivity contribution in [3.05, 3.63) is 53.3 Å². The first kappa shape index (κ1) is 11.3. The highest BCUT2D eigenvalue weighted by molar-refractivity contribution is 5.84. The predicted octanol–water partition coefficient (Wildman–Crippen LogP) is 1.44. The fourth-order valence-corrected chi connectivity index (χ4v) is 2.74. The van der Waals surface area contributed by atoms with Gasteiger partial charge in [-0.2, -0.15) is 0 Å². The molecular weight excluding hydrogens is 250 g/mol. The van der Waals surface area contributed by atoms with E-state index in [9.17, 15) is 0 Å². The Kier molecular flexibility index (Phi) is 2.39. The highest BCUT2D eigenvalue weighted by Gasteiger charge is 2.27. The lowest BCUT2D eigenvalue weighted by Crippen LogP contribution is -2.31. The van der Waals surface area contributed by atoms with Gasteiger partial charge in [-0.15, -0.1) is 9.67 Å². The van der Waals surface area contributed by atoms with E-state index in [-0.39, 0.29) is 0 Å². The second-order valence-electron chi connectivity index (χ2n) is 5.03. The molecule has 1 aliphatic rings. The summed E-state index contributed by atoms with van der Waals surface area (Å²) in [6.07, 6.45) is 6.21. The standard InChI is InChI=1S/C15H14N5/c1-19-15-16-10-13-8-7-12(14(13)20(15)18-17-19)9-11-5-3-2-4-6-11/h2-6,9-10H,7-8H2,1H3/q+1. The number of allylic oxidation sites excluding steroid dienone is 1. The maximum absolute atomic E-state index is 4.43. The molecule has 0 unspecified atom stereocenters. The van der Waals surface area contributed by atoms with Crippen LogP contribution in [0.3, 0.4) is 0 Å². The van der Waals surface area contributed by atoms with Crippen molar-refractivity contribution in [2.24, 2.45) is 7.05 Å². The van der Waals surface area contributed by atoms with E-state index in [2.05, 4.69) is 45.8 Å². The first-order chi connectivity index (χ1) is 9.83. The number of benzene rings is 1. The third kappa shape index (κ3) is 1.63. The number of hydrogen-bond acceptors (Lipinski definition) is 3. The Bertz CT molecular complexity index is 817. The van der Waals surface area contributed by atoms with Crippen molar-refractivity contribution in [1.82, 2.24) is 19.9 Å². The molecule has 1 aromatic carbocycles. The molecule has 0 radical (unpaired) electrons. The Labute approximate surface area is 116 Å². The summed E-state index contributed by atoms with van der Waals surface area (Å²) in [4.78, 5) is 4.43. The second kappa shape index (κ2) is 4.23.